The van der Waals surface area contributed by atoms with E-state index in [9.17, 15) is 14.3 Å². The molecule has 1 N–H and O–H groups in total. The summed E-state index contributed by atoms with van der Waals surface area (Å²) in [7, 11) is 0. The van der Waals surface area contributed by atoms with Gasteiger partial charge in [0.2, 0.25) is 5.88 Å². The molecule has 6 heteroatoms. The van der Waals surface area contributed by atoms with E-state index in [2.05, 4.69) is 4.98 Å². The van der Waals surface area contributed by atoms with E-state index in [0.717, 1.165) is 6.07 Å². The fraction of sp³-hybridized carbons (Fsp3) is 0.133. The number of ether oxygens (including phenoxy) is 1. The van der Waals surface area contributed by atoms with Crippen LogP contribution >= 0.6 is 0 Å². The van der Waals surface area contributed by atoms with Crippen molar-refractivity contribution >= 4 is 5.97 Å². The third-order valence-corrected chi connectivity index (χ3v) is 2.79. The SMILES string of the molecule is Cc1cc(C)c(C(=O)O)c(Oc2ccc(C#N)cc2F)n1. The van der Waals surface area contributed by atoms with Gasteiger partial charge in [-0.25, -0.2) is 14.2 Å². The third-order valence-electron chi connectivity index (χ3n) is 2.79. The zero-order valence-corrected chi connectivity index (χ0v) is 11.3. The number of carboxylic acids is 1. The Morgan fingerprint density at radius 3 is 2.67 bits per heavy atom. The predicted octanol–water partition coefficient (Wildman–Crippen LogP) is 3.20. The molecule has 1 aromatic carbocycles. The van der Waals surface area contributed by atoms with Gasteiger partial charge in [-0.15, -0.1) is 0 Å². The lowest BCUT2D eigenvalue weighted by Crippen LogP contribution is -2.06. The Kier molecular flexibility index (Phi) is 3.85. The Morgan fingerprint density at radius 1 is 1.38 bits per heavy atom. The van der Waals surface area contributed by atoms with Crippen LogP contribution in [-0.4, -0.2) is 16.1 Å². The molecule has 5 nitrogen and oxygen atoms in total. The predicted molar refractivity (Wildman–Crippen MR) is 71.9 cm³/mol. The van der Waals surface area contributed by atoms with Crippen LogP contribution in [0.1, 0.15) is 27.2 Å². The van der Waals surface area contributed by atoms with Gasteiger partial charge < -0.3 is 9.84 Å². The van der Waals surface area contributed by atoms with Crippen LogP contribution in [0, 0.1) is 31.0 Å². The molecule has 2 rings (SSSR count). The van der Waals surface area contributed by atoms with E-state index < -0.39 is 11.8 Å². The highest BCUT2D eigenvalue weighted by atomic mass is 19.1. The molecule has 0 aliphatic carbocycles. The van der Waals surface area contributed by atoms with Crippen molar-refractivity contribution in [2.75, 3.05) is 0 Å². The number of hydrogen-bond acceptors (Lipinski definition) is 4. The third kappa shape index (κ3) is 2.98. The Morgan fingerprint density at radius 2 is 2.10 bits per heavy atom. The molecule has 0 radical (unpaired) electrons. The van der Waals surface area contributed by atoms with Crippen molar-refractivity contribution in [2.24, 2.45) is 0 Å². The van der Waals surface area contributed by atoms with E-state index >= 15 is 0 Å². The molecule has 0 spiro atoms. The van der Waals surface area contributed by atoms with Crippen LogP contribution in [0.5, 0.6) is 11.6 Å². The average Bonchev–Trinajstić information content (AvgIpc) is 2.39. The van der Waals surface area contributed by atoms with Gasteiger partial charge >= 0.3 is 5.97 Å². The minimum Gasteiger partial charge on any atom is -0.477 e. The summed E-state index contributed by atoms with van der Waals surface area (Å²) in [5.41, 5.74) is 1.05. The fourth-order valence-electron chi connectivity index (χ4n) is 1.89. The summed E-state index contributed by atoms with van der Waals surface area (Å²) in [5.74, 6) is -2.33. The first-order valence-electron chi connectivity index (χ1n) is 6.01. The topological polar surface area (TPSA) is 83.2 Å². The molecule has 0 unspecified atom stereocenters. The molecule has 0 atom stereocenters. The summed E-state index contributed by atoms with van der Waals surface area (Å²) in [6.07, 6.45) is 0. The highest BCUT2D eigenvalue weighted by Crippen LogP contribution is 2.28. The molecule has 2 aromatic rings. The minimum absolute atomic E-state index is 0.121. The molecular formula is C15H11FN2O3. The van der Waals surface area contributed by atoms with Crippen molar-refractivity contribution in [1.82, 2.24) is 4.98 Å². The number of benzene rings is 1. The monoisotopic (exact) mass is 286 g/mol. The quantitative estimate of drug-likeness (QED) is 0.936. The van der Waals surface area contributed by atoms with Crippen LogP contribution < -0.4 is 4.74 Å². The zero-order valence-electron chi connectivity index (χ0n) is 11.3. The number of nitrogens with zero attached hydrogens (tertiary/aromatic N) is 2. The van der Waals surface area contributed by atoms with Crippen molar-refractivity contribution < 1.29 is 19.0 Å². The zero-order chi connectivity index (χ0) is 15.6. The summed E-state index contributed by atoms with van der Waals surface area (Å²) in [5, 5.41) is 17.9. The molecule has 0 amide bonds. The van der Waals surface area contributed by atoms with Crippen LogP contribution in [0.3, 0.4) is 0 Å². The van der Waals surface area contributed by atoms with Gasteiger partial charge in [0.25, 0.3) is 0 Å². The van der Waals surface area contributed by atoms with Crippen LogP contribution in [0.2, 0.25) is 0 Å². The number of carbonyl (C=O) groups is 1. The number of aryl methyl sites for hydroxylation is 2. The largest absolute Gasteiger partial charge is 0.477 e. The van der Waals surface area contributed by atoms with Gasteiger partial charge in [0.1, 0.15) is 5.56 Å². The van der Waals surface area contributed by atoms with E-state index in [1.54, 1.807) is 26.0 Å². The molecule has 0 saturated carbocycles. The fourth-order valence-corrected chi connectivity index (χ4v) is 1.89. The number of carboxylic acid groups (broad SMARTS) is 1. The Labute approximate surface area is 120 Å². The molecule has 0 saturated heterocycles. The maximum absolute atomic E-state index is 13.8. The average molecular weight is 286 g/mol. The smallest absolute Gasteiger partial charge is 0.341 e. The van der Waals surface area contributed by atoms with Crippen molar-refractivity contribution in [3.8, 4) is 17.7 Å². The normalized spacial score (nSPS) is 10.0. The van der Waals surface area contributed by atoms with Gasteiger partial charge in [-0.1, -0.05) is 0 Å². The molecule has 106 valence electrons. The second-order valence-corrected chi connectivity index (χ2v) is 4.42. The summed E-state index contributed by atoms with van der Waals surface area (Å²) in [6, 6.07) is 7.06. The Balaban J connectivity index is 2.49. The lowest BCUT2D eigenvalue weighted by Gasteiger charge is -2.11. The lowest BCUT2D eigenvalue weighted by molar-refractivity contribution is 0.0692. The molecular weight excluding hydrogens is 275 g/mol. The maximum Gasteiger partial charge on any atom is 0.341 e. The van der Waals surface area contributed by atoms with Gasteiger partial charge in [-0.2, -0.15) is 5.26 Å². The standard InChI is InChI=1S/C15H11FN2O3/c1-8-5-9(2)18-14(13(8)15(19)20)21-12-4-3-10(7-17)6-11(12)16/h3-6H,1-2H3,(H,19,20). The molecule has 0 aliphatic heterocycles. The van der Waals surface area contributed by atoms with E-state index in [0.29, 0.717) is 11.3 Å². The van der Waals surface area contributed by atoms with Crippen molar-refractivity contribution in [3.05, 3.63) is 52.5 Å². The van der Waals surface area contributed by atoms with Crippen molar-refractivity contribution in [2.45, 2.75) is 13.8 Å². The van der Waals surface area contributed by atoms with Crippen molar-refractivity contribution in [1.29, 1.82) is 5.26 Å². The summed E-state index contributed by atoms with van der Waals surface area (Å²) >= 11 is 0. The first-order chi connectivity index (χ1) is 9.92. The van der Waals surface area contributed by atoms with Crippen LogP contribution in [0.4, 0.5) is 4.39 Å². The van der Waals surface area contributed by atoms with E-state index in [1.165, 1.54) is 12.1 Å². The first kappa shape index (κ1) is 14.5. The Bertz CT molecular complexity index is 766. The van der Waals surface area contributed by atoms with Gasteiger partial charge in [0.15, 0.2) is 11.6 Å². The van der Waals surface area contributed by atoms with Crippen molar-refractivity contribution in [3.63, 3.8) is 0 Å². The van der Waals surface area contributed by atoms with Gasteiger partial charge in [-0.05, 0) is 43.7 Å². The summed E-state index contributed by atoms with van der Waals surface area (Å²) in [4.78, 5) is 15.3. The lowest BCUT2D eigenvalue weighted by atomic mass is 10.1. The van der Waals surface area contributed by atoms with E-state index in [-0.39, 0.29) is 22.8 Å². The molecule has 0 bridgehead atoms. The van der Waals surface area contributed by atoms with Crippen LogP contribution in [0.25, 0.3) is 0 Å². The van der Waals surface area contributed by atoms with Gasteiger partial charge in [-0.3, -0.25) is 0 Å². The number of hydrogen-bond donors (Lipinski definition) is 1. The minimum atomic E-state index is -1.20. The number of nitriles is 1. The molecule has 0 fully saturated rings. The van der Waals surface area contributed by atoms with Gasteiger partial charge in [0.05, 0.1) is 11.6 Å². The first-order valence-corrected chi connectivity index (χ1v) is 6.01. The summed E-state index contributed by atoms with van der Waals surface area (Å²) in [6.45, 7) is 3.29. The molecule has 1 heterocycles. The maximum atomic E-state index is 13.8. The van der Waals surface area contributed by atoms with Crippen LogP contribution in [0.15, 0.2) is 24.3 Å². The van der Waals surface area contributed by atoms with E-state index in [1.807, 2.05) is 0 Å². The summed E-state index contributed by atoms with van der Waals surface area (Å²) < 4.78 is 19.1. The highest BCUT2D eigenvalue weighted by molar-refractivity contribution is 5.92. The van der Waals surface area contributed by atoms with E-state index in [4.69, 9.17) is 10.00 Å². The molecule has 21 heavy (non-hydrogen) atoms. The number of aromatic nitrogens is 1. The Hall–Kier alpha value is -2.94. The molecule has 1 aromatic heterocycles. The number of pyridine rings is 1. The number of halogens is 1. The highest BCUT2D eigenvalue weighted by Gasteiger charge is 2.19. The number of rotatable bonds is 3. The second kappa shape index (κ2) is 5.59. The second-order valence-electron chi connectivity index (χ2n) is 4.42. The number of aromatic carboxylic acids is 1. The van der Waals surface area contributed by atoms with Crippen LogP contribution in [-0.2, 0) is 0 Å². The van der Waals surface area contributed by atoms with Gasteiger partial charge in [0, 0.05) is 5.69 Å². The molecule has 0 aliphatic rings.